The van der Waals surface area contributed by atoms with Crippen molar-refractivity contribution in [2.24, 2.45) is 5.92 Å². The van der Waals surface area contributed by atoms with Crippen LogP contribution in [0.5, 0.6) is 5.75 Å². The molecule has 1 fully saturated rings. The van der Waals surface area contributed by atoms with E-state index < -0.39 is 22.7 Å². The van der Waals surface area contributed by atoms with Crippen LogP contribution in [0.15, 0.2) is 45.7 Å². The Bertz CT molecular complexity index is 1530. The molecule has 38 heavy (non-hydrogen) atoms. The van der Waals surface area contributed by atoms with Crippen LogP contribution in [0.1, 0.15) is 48.4 Å². The van der Waals surface area contributed by atoms with Crippen LogP contribution in [0.3, 0.4) is 0 Å². The lowest BCUT2D eigenvalue weighted by Crippen LogP contribution is -2.10. The predicted molar refractivity (Wildman–Crippen MR) is 146 cm³/mol. The number of nitrogens with zero attached hydrogens (tertiary/aromatic N) is 6. The van der Waals surface area contributed by atoms with Gasteiger partial charge in [-0.3, -0.25) is 4.68 Å². The fourth-order valence-corrected chi connectivity index (χ4v) is 5.40. The van der Waals surface area contributed by atoms with E-state index in [2.05, 4.69) is 36.8 Å². The molecular weight excluding hydrogens is 623 g/mol. The van der Waals surface area contributed by atoms with Crippen LogP contribution in [0, 0.1) is 35.7 Å². The number of ether oxygens (including phenoxy) is 1. The Balaban J connectivity index is 1.51. The molecule has 9 nitrogen and oxygen atoms in total. The molecule has 3 aromatic heterocycles. The van der Waals surface area contributed by atoms with E-state index in [9.17, 15) is 14.5 Å². The maximum Gasteiger partial charge on any atom is 0.406 e. The maximum atomic E-state index is 14.5. The number of rotatable bonds is 9. The summed E-state index contributed by atoms with van der Waals surface area (Å²) in [4.78, 5) is 19.5. The van der Waals surface area contributed by atoms with Crippen LogP contribution in [0.4, 0.5) is 10.2 Å². The largest absolute Gasteiger partial charge is 0.478 e. The second kappa shape index (κ2) is 10.6. The summed E-state index contributed by atoms with van der Waals surface area (Å²) in [5.74, 6) is 0.434. The second-order valence-corrected chi connectivity index (χ2v) is 11.2. The van der Waals surface area contributed by atoms with Crippen LogP contribution in [-0.2, 0) is 13.1 Å². The number of aromatic nitrogens is 5. The van der Waals surface area contributed by atoms with Gasteiger partial charge in [0.25, 0.3) is 0 Å². The number of hydrogen-bond donors (Lipinski definition) is 0. The van der Waals surface area contributed by atoms with Crippen LogP contribution < -0.4 is 4.74 Å². The van der Waals surface area contributed by atoms with Crippen molar-refractivity contribution in [2.75, 3.05) is 0 Å². The van der Waals surface area contributed by atoms with Crippen molar-refractivity contribution in [2.45, 2.75) is 52.8 Å². The quantitative estimate of drug-likeness (QED) is 0.144. The number of hydrogen-bond acceptors (Lipinski definition) is 6. The summed E-state index contributed by atoms with van der Waals surface area (Å²) in [6, 6.07) is 5.89. The minimum atomic E-state index is -0.740. The topological polar surface area (TPSA) is 101 Å². The Kier molecular flexibility index (Phi) is 7.36. The first kappa shape index (κ1) is 26.5. The van der Waals surface area contributed by atoms with Crippen LogP contribution in [0.25, 0.3) is 11.4 Å². The van der Waals surface area contributed by atoms with Crippen molar-refractivity contribution in [1.29, 1.82) is 0 Å². The molecular formula is C26H25Br2FN6O3. The SMILES string of the molecule is Cc1cn(Cc2c(C)nn(CC3CC3)c2Br)c(-c2ccc(F)cc2[C@@H](C)Oc2cc(Br)cnc2[N+](=O)[O-])n1. The number of benzene rings is 1. The molecule has 0 aliphatic heterocycles. The van der Waals surface area contributed by atoms with Crippen molar-refractivity contribution < 1.29 is 14.1 Å². The Morgan fingerprint density at radius 1 is 1.26 bits per heavy atom. The van der Waals surface area contributed by atoms with Gasteiger partial charge in [-0.15, -0.1) is 0 Å². The van der Waals surface area contributed by atoms with E-state index in [1.54, 1.807) is 13.0 Å². The molecule has 12 heteroatoms. The van der Waals surface area contributed by atoms with Gasteiger partial charge in [0.2, 0.25) is 5.75 Å². The molecule has 0 radical (unpaired) electrons. The Labute approximate surface area is 235 Å². The van der Waals surface area contributed by atoms with Crippen LogP contribution in [-0.4, -0.2) is 29.2 Å². The van der Waals surface area contributed by atoms with Gasteiger partial charge in [-0.2, -0.15) is 5.10 Å². The van der Waals surface area contributed by atoms with Crippen molar-refractivity contribution in [3.8, 4) is 17.1 Å². The van der Waals surface area contributed by atoms with E-state index in [1.807, 2.05) is 29.3 Å². The molecule has 0 amide bonds. The normalized spacial score (nSPS) is 14.1. The lowest BCUT2D eigenvalue weighted by atomic mass is 10.0. The van der Waals surface area contributed by atoms with Gasteiger partial charge in [-0.25, -0.2) is 9.37 Å². The van der Waals surface area contributed by atoms with E-state index in [4.69, 9.17) is 14.8 Å². The monoisotopic (exact) mass is 646 g/mol. The number of halogens is 3. The fraction of sp³-hybridized carbons (Fsp3) is 0.346. The predicted octanol–water partition coefficient (Wildman–Crippen LogP) is 6.93. The molecule has 198 valence electrons. The van der Waals surface area contributed by atoms with E-state index in [1.165, 1.54) is 37.2 Å². The van der Waals surface area contributed by atoms with Crippen molar-refractivity contribution in [3.63, 3.8) is 0 Å². The highest BCUT2D eigenvalue weighted by Gasteiger charge is 2.26. The van der Waals surface area contributed by atoms with E-state index in [0.29, 0.717) is 33.9 Å². The van der Waals surface area contributed by atoms with E-state index in [0.717, 1.165) is 28.1 Å². The molecule has 0 bridgehead atoms. The van der Waals surface area contributed by atoms with Gasteiger partial charge < -0.3 is 19.4 Å². The summed E-state index contributed by atoms with van der Waals surface area (Å²) in [6.07, 6.45) is 5.00. The van der Waals surface area contributed by atoms with E-state index >= 15 is 0 Å². The highest BCUT2D eigenvalue weighted by Crippen LogP contribution is 2.36. The first-order valence-corrected chi connectivity index (χ1v) is 13.7. The summed E-state index contributed by atoms with van der Waals surface area (Å²) in [7, 11) is 0. The highest BCUT2D eigenvalue weighted by molar-refractivity contribution is 9.10. The first-order valence-electron chi connectivity index (χ1n) is 12.1. The Morgan fingerprint density at radius 3 is 2.74 bits per heavy atom. The lowest BCUT2D eigenvalue weighted by molar-refractivity contribution is -0.390. The zero-order valence-corrected chi connectivity index (χ0v) is 24.2. The molecule has 0 spiro atoms. The van der Waals surface area contributed by atoms with Crippen LogP contribution in [0.2, 0.25) is 0 Å². The molecule has 1 aromatic carbocycles. The fourth-order valence-electron chi connectivity index (χ4n) is 4.45. The van der Waals surface area contributed by atoms with Crippen molar-refractivity contribution in [3.05, 3.63) is 84.2 Å². The molecule has 5 rings (SSSR count). The molecule has 4 aromatic rings. The second-order valence-electron chi connectivity index (χ2n) is 9.54. The summed E-state index contributed by atoms with van der Waals surface area (Å²) in [5, 5.41) is 16.2. The standard InChI is InChI=1S/C26H25Br2FN6O3/c1-14-11-33(13-22-15(2)32-34(24(22)28)12-17-4-5-17)25(31-14)20-7-6-19(29)9-21(20)16(3)38-23-8-18(27)10-30-26(23)35(36)37/h6-11,16-17H,4-5,12-13H2,1-3H3/t16-/m1/s1. The molecule has 1 atom stereocenters. The van der Waals surface area contributed by atoms with Gasteiger partial charge >= 0.3 is 5.82 Å². The molecule has 1 aliphatic rings. The van der Waals surface area contributed by atoms with Gasteiger partial charge in [-0.1, -0.05) is 0 Å². The van der Waals surface area contributed by atoms with Gasteiger partial charge in [0.1, 0.15) is 22.3 Å². The molecule has 0 unspecified atom stereocenters. The van der Waals surface area contributed by atoms with E-state index in [-0.39, 0.29) is 5.75 Å². The van der Waals surface area contributed by atoms with Crippen molar-refractivity contribution in [1.82, 2.24) is 24.3 Å². The maximum absolute atomic E-state index is 14.5. The minimum Gasteiger partial charge on any atom is -0.478 e. The molecule has 3 heterocycles. The van der Waals surface area contributed by atoms with Gasteiger partial charge in [-0.05, 0) is 99.5 Å². The summed E-state index contributed by atoms with van der Waals surface area (Å²) >= 11 is 7.02. The van der Waals surface area contributed by atoms with Gasteiger partial charge in [0, 0.05) is 35.5 Å². The third-order valence-electron chi connectivity index (χ3n) is 6.51. The minimum absolute atomic E-state index is 0.0192. The average Bonchev–Trinajstić information content (AvgIpc) is 3.54. The molecule has 1 saturated carbocycles. The number of aryl methyl sites for hydroxylation is 2. The molecule has 0 saturated heterocycles. The van der Waals surface area contributed by atoms with Gasteiger partial charge in [0.05, 0.1) is 22.4 Å². The zero-order chi connectivity index (χ0) is 27.1. The summed E-state index contributed by atoms with van der Waals surface area (Å²) in [5.41, 5.74) is 3.95. The number of nitro groups is 1. The summed E-state index contributed by atoms with van der Waals surface area (Å²) in [6.45, 7) is 7.01. The third kappa shape index (κ3) is 5.51. The Morgan fingerprint density at radius 2 is 2.03 bits per heavy atom. The smallest absolute Gasteiger partial charge is 0.406 e. The van der Waals surface area contributed by atoms with Gasteiger partial charge in [0.15, 0.2) is 6.20 Å². The number of pyridine rings is 1. The third-order valence-corrected chi connectivity index (χ3v) is 7.83. The zero-order valence-electron chi connectivity index (χ0n) is 21.0. The highest BCUT2D eigenvalue weighted by atomic mass is 79.9. The Hall–Kier alpha value is -3.12. The average molecular weight is 648 g/mol. The summed E-state index contributed by atoms with van der Waals surface area (Å²) < 4.78 is 26.0. The van der Waals surface area contributed by atoms with Crippen LogP contribution >= 0.6 is 31.9 Å². The molecule has 1 aliphatic carbocycles. The van der Waals surface area contributed by atoms with Crippen molar-refractivity contribution >= 4 is 37.7 Å². The number of imidazole rings is 1. The lowest BCUT2D eigenvalue weighted by Gasteiger charge is -2.19. The first-order chi connectivity index (χ1) is 18.1. The molecule has 0 N–H and O–H groups in total.